The Morgan fingerprint density at radius 3 is 2.09 bits per heavy atom. The minimum absolute atomic E-state index is 0.310. The standard InChI is InChI=1S/C7H4F6N2O5S2/c1-18-5-14-3(19-21-6(8,9)10)2-4(15-5)20-22(16,17)7(11,12)13/h2H,1H3. The van der Waals surface area contributed by atoms with Gasteiger partial charge >= 0.3 is 27.1 Å². The first-order valence-corrected chi connectivity index (χ1v) is 6.85. The molecule has 0 saturated carbocycles. The molecule has 0 unspecified atom stereocenters. The molecule has 0 radical (unpaired) electrons. The van der Waals surface area contributed by atoms with Crippen LogP contribution in [0.25, 0.3) is 0 Å². The maximum atomic E-state index is 12.1. The molecule has 0 fully saturated rings. The van der Waals surface area contributed by atoms with Gasteiger partial charge in [0.2, 0.25) is 11.8 Å². The first kappa shape index (κ1) is 18.4. The Morgan fingerprint density at radius 2 is 1.64 bits per heavy atom. The van der Waals surface area contributed by atoms with Crippen LogP contribution in [-0.4, -0.2) is 36.5 Å². The van der Waals surface area contributed by atoms with Crippen LogP contribution in [0, 0.1) is 0 Å². The highest BCUT2D eigenvalue weighted by Crippen LogP contribution is 2.34. The number of hydrogen-bond donors (Lipinski definition) is 0. The van der Waals surface area contributed by atoms with Crippen molar-refractivity contribution in [2.45, 2.75) is 11.0 Å². The molecule has 0 aromatic carbocycles. The zero-order chi connectivity index (χ0) is 17.2. The van der Waals surface area contributed by atoms with Crippen molar-refractivity contribution in [3.8, 4) is 17.8 Å². The van der Waals surface area contributed by atoms with Crippen molar-refractivity contribution >= 4 is 22.2 Å². The quantitative estimate of drug-likeness (QED) is 0.336. The van der Waals surface area contributed by atoms with E-state index in [1.54, 1.807) is 0 Å². The number of halogens is 6. The van der Waals surface area contributed by atoms with E-state index >= 15 is 0 Å². The molecule has 126 valence electrons. The maximum Gasteiger partial charge on any atom is 0.534 e. The van der Waals surface area contributed by atoms with E-state index in [1.165, 1.54) is 0 Å². The zero-order valence-corrected chi connectivity index (χ0v) is 11.7. The average Bonchev–Trinajstić information content (AvgIpc) is 2.33. The lowest BCUT2D eigenvalue weighted by Gasteiger charge is -2.10. The predicted molar refractivity (Wildman–Crippen MR) is 58.5 cm³/mol. The van der Waals surface area contributed by atoms with Crippen LogP contribution in [0.4, 0.5) is 26.3 Å². The van der Waals surface area contributed by atoms with Gasteiger partial charge in [0.1, 0.15) is 0 Å². The first-order valence-electron chi connectivity index (χ1n) is 4.70. The number of methoxy groups -OCH3 is 1. The molecule has 1 heterocycles. The third kappa shape index (κ3) is 5.28. The van der Waals surface area contributed by atoms with E-state index in [0.29, 0.717) is 6.07 Å². The number of ether oxygens (including phenoxy) is 1. The number of alkyl halides is 6. The molecule has 0 atom stereocenters. The third-order valence-electron chi connectivity index (χ3n) is 1.54. The van der Waals surface area contributed by atoms with E-state index in [-0.39, 0.29) is 0 Å². The molecular formula is C7H4F6N2O5S2. The summed E-state index contributed by atoms with van der Waals surface area (Å²) in [6.45, 7) is 0. The van der Waals surface area contributed by atoms with Gasteiger partial charge in [-0.25, -0.2) is 0 Å². The minimum atomic E-state index is -6.07. The highest BCUT2D eigenvalue weighted by molar-refractivity contribution is 7.95. The minimum Gasteiger partial charge on any atom is -0.467 e. The molecule has 0 amide bonds. The van der Waals surface area contributed by atoms with Gasteiger partial charge in [-0.15, -0.1) is 0 Å². The van der Waals surface area contributed by atoms with Gasteiger partial charge in [0.25, 0.3) is 0 Å². The Hall–Kier alpha value is -1.64. The van der Waals surface area contributed by atoms with E-state index in [1.807, 2.05) is 0 Å². The Balaban J connectivity index is 3.06. The maximum absolute atomic E-state index is 12.1. The summed E-state index contributed by atoms with van der Waals surface area (Å²) in [5.41, 5.74) is -10.6. The Kier molecular flexibility index (Phi) is 5.21. The van der Waals surface area contributed by atoms with Crippen LogP contribution >= 0.6 is 12.0 Å². The first-order chi connectivity index (χ1) is 9.84. The van der Waals surface area contributed by atoms with Gasteiger partial charge in [-0.3, -0.25) is 0 Å². The van der Waals surface area contributed by atoms with Gasteiger partial charge < -0.3 is 13.1 Å². The van der Waals surface area contributed by atoms with Crippen LogP contribution < -0.4 is 13.1 Å². The van der Waals surface area contributed by atoms with Gasteiger partial charge in [-0.1, -0.05) is 0 Å². The van der Waals surface area contributed by atoms with Crippen molar-refractivity contribution in [3.63, 3.8) is 0 Å². The summed E-state index contributed by atoms with van der Waals surface area (Å²) in [6, 6.07) is -0.461. The van der Waals surface area contributed by atoms with E-state index < -0.39 is 50.9 Å². The van der Waals surface area contributed by atoms with Gasteiger partial charge in [-0.2, -0.15) is 44.7 Å². The second-order valence-corrected chi connectivity index (χ2v) is 5.46. The molecule has 0 aliphatic heterocycles. The van der Waals surface area contributed by atoms with Gasteiger partial charge in [-0.05, 0) is 0 Å². The summed E-state index contributed by atoms with van der Waals surface area (Å²) in [7, 11) is -5.14. The summed E-state index contributed by atoms with van der Waals surface area (Å²) in [4.78, 5) is 6.30. The molecule has 1 aromatic rings. The van der Waals surface area contributed by atoms with E-state index in [9.17, 15) is 34.8 Å². The molecular weight excluding hydrogens is 370 g/mol. The second kappa shape index (κ2) is 6.23. The van der Waals surface area contributed by atoms with Crippen molar-refractivity contribution in [3.05, 3.63) is 6.07 Å². The number of aromatic nitrogens is 2. The monoisotopic (exact) mass is 374 g/mol. The van der Waals surface area contributed by atoms with E-state index in [2.05, 4.69) is 23.1 Å². The molecule has 22 heavy (non-hydrogen) atoms. The molecule has 0 aliphatic carbocycles. The van der Waals surface area contributed by atoms with Gasteiger partial charge in [0.15, 0.2) is 12.0 Å². The fourth-order valence-electron chi connectivity index (χ4n) is 0.810. The van der Waals surface area contributed by atoms with Crippen molar-refractivity contribution in [2.24, 2.45) is 0 Å². The fraction of sp³-hybridized carbons (Fsp3) is 0.429. The lowest BCUT2D eigenvalue weighted by molar-refractivity contribution is -0.0501. The fourth-order valence-corrected chi connectivity index (χ4v) is 1.48. The normalized spacial score (nSPS) is 12.9. The molecule has 0 N–H and O–H groups in total. The molecule has 1 rings (SSSR count). The second-order valence-electron chi connectivity index (χ2n) is 3.13. The molecule has 7 nitrogen and oxygen atoms in total. The summed E-state index contributed by atoms with van der Waals surface area (Å²) >= 11 is -1.03. The lowest BCUT2D eigenvalue weighted by Crippen LogP contribution is -2.28. The molecule has 0 bridgehead atoms. The largest absolute Gasteiger partial charge is 0.534 e. The van der Waals surface area contributed by atoms with Crippen LogP contribution in [0.1, 0.15) is 0 Å². The lowest BCUT2D eigenvalue weighted by atomic mass is 10.6. The number of rotatable bonds is 5. The van der Waals surface area contributed by atoms with Crippen molar-refractivity contribution in [1.29, 1.82) is 0 Å². The van der Waals surface area contributed by atoms with Crippen LogP contribution in [0.15, 0.2) is 6.07 Å². The van der Waals surface area contributed by atoms with Crippen LogP contribution in [0.5, 0.6) is 17.8 Å². The number of nitrogens with zero attached hydrogens (tertiary/aromatic N) is 2. The Morgan fingerprint density at radius 1 is 1.09 bits per heavy atom. The topological polar surface area (TPSA) is 87.6 Å². The van der Waals surface area contributed by atoms with Crippen molar-refractivity contribution < 1.29 is 47.9 Å². The third-order valence-corrected chi connectivity index (χ3v) is 2.94. The number of hydrogen-bond acceptors (Lipinski definition) is 8. The summed E-state index contributed by atoms with van der Waals surface area (Å²) in [5.74, 6) is -2.16. The Bertz CT molecular complexity index is 631. The highest BCUT2D eigenvalue weighted by atomic mass is 32.2. The van der Waals surface area contributed by atoms with Crippen LogP contribution in [0.3, 0.4) is 0 Å². The van der Waals surface area contributed by atoms with Crippen LogP contribution in [0.2, 0.25) is 0 Å². The molecule has 0 saturated heterocycles. The predicted octanol–water partition coefficient (Wildman–Crippen LogP) is 2.26. The van der Waals surface area contributed by atoms with Crippen LogP contribution in [-0.2, 0) is 10.1 Å². The van der Waals surface area contributed by atoms with E-state index in [0.717, 1.165) is 7.11 Å². The summed E-state index contributed by atoms with van der Waals surface area (Å²) in [6.07, 6.45) is 0. The van der Waals surface area contributed by atoms with Gasteiger partial charge in [0.05, 0.1) is 13.2 Å². The highest BCUT2D eigenvalue weighted by Gasteiger charge is 2.49. The summed E-state index contributed by atoms with van der Waals surface area (Å²) < 4.78 is 106. The van der Waals surface area contributed by atoms with Gasteiger partial charge in [0, 0.05) is 0 Å². The smallest absolute Gasteiger partial charge is 0.467 e. The molecule has 1 aromatic heterocycles. The molecule has 0 spiro atoms. The SMILES string of the molecule is COc1nc(OSC(F)(F)F)cc(OS(=O)(=O)C(F)(F)F)n1. The molecule has 0 aliphatic rings. The molecule has 15 heteroatoms. The van der Waals surface area contributed by atoms with E-state index in [4.69, 9.17) is 0 Å². The summed E-state index contributed by atoms with van der Waals surface area (Å²) in [5, 5.41) is 0. The van der Waals surface area contributed by atoms with Crippen molar-refractivity contribution in [2.75, 3.05) is 7.11 Å². The Labute approximate surface area is 122 Å². The van der Waals surface area contributed by atoms with Crippen molar-refractivity contribution in [1.82, 2.24) is 9.97 Å². The average molecular weight is 374 g/mol. The zero-order valence-electron chi connectivity index (χ0n) is 10.1.